The molecule has 70 valence electrons. The van der Waals surface area contributed by atoms with E-state index in [9.17, 15) is 4.79 Å². The van der Waals surface area contributed by atoms with Crippen molar-refractivity contribution in [1.29, 1.82) is 0 Å². The molecule has 0 aliphatic heterocycles. The number of pyridine rings is 1. The second kappa shape index (κ2) is 5.29. The number of halogens is 1. The quantitative estimate of drug-likeness (QED) is 0.652. The minimum absolute atomic E-state index is 0.00649. The molecule has 0 saturated heterocycles. The Kier molecular flexibility index (Phi) is 4.32. The van der Waals surface area contributed by atoms with Gasteiger partial charge in [0.1, 0.15) is 0 Å². The van der Waals surface area contributed by atoms with Gasteiger partial charge in [0, 0.05) is 29.0 Å². The predicted molar refractivity (Wildman–Crippen MR) is 61.4 cm³/mol. The summed E-state index contributed by atoms with van der Waals surface area (Å²) in [5.41, 5.74) is 0.00649. The number of rotatable bonds is 3. The van der Waals surface area contributed by atoms with Crippen molar-refractivity contribution in [3.05, 3.63) is 45.3 Å². The molecule has 0 aromatic carbocycles. The van der Waals surface area contributed by atoms with Gasteiger partial charge in [-0.3, -0.25) is 4.79 Å². The van der Waals surface area contributed by atoms with E-state index >= 15 is 0 Å². The van der Waals surface area contributed by atoms with E-state index in [2.05, 4.69) is 28.6 Å². The van der Waals surface area contributed by atoms with Gasteiger partial charge in [-0.25, -0.2) is 0 Å². The summed E-state index contributed by atoms with van der Waals surface area (Å²) in [6.45, 7) is 0.596. The maximum absolute atomic E-state index is 11.3. The van der Waals surface area contributed by atoms with Crippen LogP contribution in [-0.4, -0.2) is 10.3 Å². The first kappa shape index (κ1) is 10.6. The van der Waals surface area contributed by atoms with E-state index < -0.39 is 0 Å². The van der Waals surface area contributed by atoms with Crippen LogP contribution in [-0.2, 0) is 6.54 Å². The van der Waals surface area contributed by atoms with Crippen LogP contribution in [0.25, 0.3) is 0 Å². The van der Waals surface area contributed by atoms with Gasteiger partial charge in [-0.05, 0) is 22.0 Å². The third kappa shape index (κ3) is 3.40. The molecule has 0 bridgehead atoms. The van der Waals surface area contributed by atoms with Gasteiger partial charge in [0.25, 0.3) is 5.56 Å². The van der Waals surface area contributed by atoms with Crippen LogP contribution in [0.5, 0.6) is 0 Å². The lowest BCUT2D eigenvalue weighted by Gasteiger charge is -2.00. The topological polar surface area (TPSA) is 22.0 Å². The van der Waals surface area contributed by atoms with Crippen molar-refractivity contribution >= 4 is 28.6 Å². The molecule has 0 unspecified atom stereocenters. The van der Waals surface area contributed by atoms with Crippen molar-refractivity contribution in [2.24, 2.45) is 0 Å². The molecule has 0 radical (unpaired) electrons. The normalized spacial score (nSPS) is 10.9. The molecule has 0 N–H and O–H groups in total. The van der Waals surface area contributed by atoms with Gasteiger partial charge >= 0.3 is 0 Å². The highest BCUT2D eigenvalue weighted by atomic mass is 79.9. The second-order valence-corrected chi connectivity index (χ2v) is 3.77. The third-order valence-electron chi connectivity index (χ3n) is 1.52. The summed E-state index contributed by atoms with van der Waals surface area (Å²) in [4.78, 5) is 11.3. The average Bonchev–Trinajstić information content (AvgIpc) is 2.11. The lowest BCUT2D eigenvalue weighted by Crippen LogP contribution is -2.17. The molecule has 1 heterocycles. The zero-order valence-electron chi connectivity index (χ0n) is 6.98. The lowest BCUT2D eigenvalue weighted by molar-refractivity contribution is 0.775. The van der Waals surface area contributed by atoms with Gasteiger partial charge in [0.05, 0.1) is 0 Å². The molecule has 2 nitrogen and oxygen atoms in total. The van der Waals surface area contributed by atoms with Gasteiger partial charge < -0.3 is 4.57 Å². The molecule has 0 aliphatic carbocycles. The van der Waals surface area contributed by atoms with E-state index in [1.54, 1.807) is 22.9 Å². The summed E-state index contributed by atoms with van der Waals surface area (Å²) in [5.74, 6) is 0.697. The molecular formula is C9H10BrNOS. The molecule has 13 heavy (non-hydrogen) atoms. The van der Waals surface area contributed by atoms with Gasteiger partial charge in [0.2, 0.25) is 0 Å². The summed E-state index contributed by atoms with van der Waals surface area (Å²) in [6.07, 6.45) is 5.60. The van der Waals surface area contributed by atoms with Crippen LogP contribution >= 0.6 is 28.6 Å². The fraction of sp³-hybridized carbons (Fsp3) is 0.222. The number of hydrogen-bond acceptors (Lipinski definition) is 2. The standard InChI is InChI=1S/C9H10BrNOS/c10-8-3-4-9(12)11(7-8)5-1-2-6-13/h1-4,7,13H,5-6H2/b2-1+. The van der Waals surface area contributed by atoms with Crippen LogP contribution < -0.4 is 5.56 Å². The first-order valence-corrected chi connectivity index (χ1v) is 5.28. The summed E-state index contributed by atoms with van der Waals surface area (Å²) < 4.78 is 2.54. The molecular weight excluding hydrogens is 250 g/mol. The van der Waals surface area contributed by atoms with Crippen molar-refractivity contribution in [2.45, 2.75) is 6.54 Å². The largest absolute Gasteiger partial charge is 0.311 e. The van der Waals surface area contributed by atoms with Crippen molar-refractivity contribution in [2.75, 3.05) is 5.75 Å². The zero-order chi connectivity index (χ0) is 9.68. The SMILES string of the molecule is O=c1ccc(Br)cn1C/C=C/CS. The van der Waals surface area contributed by atoms with Crippen LogP contribution in [0, 0.1) is 0 Å². The highest BCUT2D eigenvalue weighted by molar-refractivity contribution is 9.10. The van der Waals surface area contributed by atoms with Gasteiger partial charge in [0.15, 0.2) is 0 Å². The Balaban J connectivity index is 2.82. The van der Waals surface area contributed by atoms with Gasteiger partial charge in [-0.1, -0.05) is 12.2 Å². The number of allylic oxidation sites excluding steroid dienone is 1. The third-order valence-corrected chi connectivity index (χ3v) is 2.20. The van der Waals surface area contributed by atoms with E-state index in [0.717, 1.165) is 4.47 Å². The highest BCUT2D eigenvalue weighted by Gasteiger charge is 1.93. The Morgan fingerprint density at radius 3 is 2.92 bits per heavy atom. The van der Waals surface area contributed by atoms with Crippen LogP contribution in [0.15, 0.2) is 39.7 Å². The van der Waals surface area contributed by atoms with Gasteiger partial charge in [-0.15, -0.1) is 0 Å². The Hall–Kier alpha value is -0.480. The van der Waals surface area contributed by atoms with E-state index in [1.807, 2.05) is 12.2 Å². The van der Waals surface area contributed by atoms with E-state index in [0.29, 0.717) is 12.3 Å². The highest BCUT2D eigenvalue weighted by Crippen LogP contribution is 2.04. The molecule has 0 fully saturated rings. The number of thiol groups is 1. The molecule has 1 aromatic rings. The summed E-state index contributed by atoms with van der Waals surface area (Å²) in [6, 6.07) is 3.28. The molecule has 0 amide bonds. The number of aromatic nitrogens is 1. The van der Waals surface area contributed by atoms with Crippen LogP contribution in [0.1, 0.15) is 0 Å². The Bertz CT molecular complexity index is 359. The molecule has 1 rings (SSSR count). The van der Waals surface area contributed by atoms with E-state index in [1.165, 1.54) is 0 Å². The Labute approximate surface area is 90.8 Å². The average molecular weight is 260 g/mol. The summed E-state index contributed by atoms with van der Waals surface area (Å²) in [5, 5.41) is 0. The first-order chi connectivity index (χ1) is 6.24. The minimum Gasteiger partial charge on any atom is -0.311 e. The van der Waals surface area contributed by atoms with Crippen molar-refractivity contribution < 1.29 is 0 Å². The number of nitrogens with zero attached hydrogens (tertiary/aromatic N) is 1. The van der Waals surface area contributed by atoms with E-state index in [-0.39, 0.29) is 5.56 Å². The predicted octanol–water partition coefficient (Wildman–Crippen LogP) is 2.10. The first-order valence-electron chi connectivity index (χ1n) is 3.86. The van der Waals surface area contributed by atoms with Crippen molar-refractivity contribution in [1.82, 2.24) is 4.57 Å². The summed E-state index contributed by atoms with van der Waals surface area (Å²) >= 11 is 7.34. The molecule has 0 aliphatic rings. The summed E-state index contributed by atoms with van der Waals surface area (Å²) in [7, 11) is 0. The van der Waals surface area contributed by atoms with Gasteiger partial charge in [-0.2, -0.15) is 12.6 Å². The lowest BCUT2D eigenvalue weighted by atomic mass is 10.4. The van der Waals surface area contributed by atoms with Crippen molar-refractivity contribution in [3.63, 3.8) is 0 Å². The van der Waals surface area contributed by atoms with E-state index in [4.69, 9.17) is 0 Å². The second-order valence-electron chi connectivity index (χ2n) is 2.49. The monoisotopic (exact) mass is 259 g/mol. The molecule has 0 spiro atoms. The molecule has 1 aromatic heterocycles. The maximum Gasteiger partial charge on any atom is 0.250 e. The number of hydrogen-bond donors (Lipinski definition) is 1. The van der Waals surface area contributed by atoms with Crippen LogP contribution in [0.3, 0.4) is 0 Å². The van der Waals surface area contributed by atoms with Crippen LogP contribution in [0.4, 0.5) is 0 Å². The van der Waals surface area contributed by atoms with Crippen molar-refractivity contribution in [3.8, 4) is 0 Å². The fourth-order valence-electron chi connectivity index (χ4n) is 0.907. The maximum atomic E-state index is 11.3. The fourth-order valence-corrected chi connectivity index (χ4v) is 1.44. The minimum atomic E-state index is 0.00649. The smallest absolute Gasteiger partial charge is 0.250 e. The molecule has 0 atom stereocenters. The molecule has 4 heteroatoms. The Morgan fingerprint density at radius 1 is 1.46 bits per heavy atom. The molecule has 0 saturated carbocycles. The Morgan fingerprint density at radius 2 is 2.23 bits per heavy atom. The zero-order valence-corrected chi connectivity index (χ0v) is 9.46. The van der Waals surface area contributed by atoms with Crippen LogP contribution in [0.2, 0.25) is 0 Å².